The van der Waals surface area contributed by atoms with Crippen LogP contribution in [0.5, 0.6) is 11.5 Å². The molecule has 0 N–H and O–H groups in total. The van der Waals surface area contributed by atoms with Crippen molar-refractivity contribution in [1.82, 2.24) is 4.57 Å². The fourth-order valence-electron chi connectivity index (χ4n) is 2.92. The van der Waals surface area contributed by atoms with E-state index in [1.165, 1.54) is 16.9 Å². The number of amides is 1. The highest BCUT2D eigenvalue weighted by molar-refractivity contribution is 7.16. The van der Waals surface area contributed by atoms with E-state index in [9.17, 15) is 4.79 Å². The summed E-state index contributed by atoms with van der Waals surface area (Å²) in [6.45, 7) is 8.74. The molecule has 5 nitrogen and oxygen atoms in total. The number of hydrogen-bond acceptors (Lipinski definition) is 4. The maximum Gasteiger partial charge on any atom is 0.279 e. The quantitative estimate of drug-likeness (QED) is 0.564. The second-order valence-corrected chi connectivity index (χ2v) is 7.69. The van der Waals surface area contributed by atoms with Crippen LogP contribution in [0.3, 0.4) is 0 Å². The molecule has 0 saturated carbocycles. The number of fused-ring (bicyclic) bond motifs is 1. The highest BCUT2D eigenvalue weighted by Gasteiger charge is 2.12. The van der Waals surface area contributed by atoms with Gasteiger partial charge in [0, 0.05) is 18.2 Å². The number of ether oxygens (including phenoxy) is 2. The van der Waals surface area contributed by atoms with Crippen molar-refractivity contribution in [2.24, 2.45) is 4.99 Å². The first-order chi connectivity index (χ1) is 13.5. The Morgan fingerprint density at radius 1 is 1.18 bits per heavy atom. The zero-order chi connectivity index (χ0) is 20.3. The molecule has 6 heteroatoms. The zero-order valence-electron chi connectivity index (χ0n) is 16.6. The Morgan fingerprint density at radius 2 is 1.86 bits per heavy atom. The monoisotopic (exact) mass is 396 g/mol. The van der Waals surface area contributed by atoms with Crippen LogP contribution >= 0.6 is 11.3 Å². The molecule has 0 aliphatic heterocycles. The van der Waals surface area contributed by atoms with Gasteiger partial charge in [-0.15, -0.1) is 6.58 Å². The average molecular weight is 397 g/mol. The van der Waals surface area contributed by atoms with Crippen molar-refractivity contribution in [2.75, 3.05) is 14.2 Å². The molecule has 0 saturated heterocycles. The number of nitrogens with zero attached hydrogens (tertiary/aromatic N) is 2. The molecule has 0 unspecified atom stereocenters. The minimum absolute atomic E-state index is 0.342. The number of thiazole rings is 1. The molecular weight excluding hydrogens is 372 g/mol. The number of carbonyl (C=O) groups excluding carboxylic acids is 1. The lowest BCUT2D eigenvalue weighted by Gasteiger charge is -2.06. The fraction of sp³-hybridized carbons (Fsp3) is 0.273. The first kappa shape index (κ1) is 19.9. The number of aromatic nitrogens is 1. The Hall–Kier alpha value is -2.86. The molecule has 1 aromatic heterocycles. The van der Waals surface area contributed by atoms with Gasteiger partial charge >= 0.3 is 0 Å². The van der Waals surface area contributed by atoms with E-state index in [4.69, 9.17) is 9.47 Å². The van der Waals surface area contributed by atoms with Crippen molar-refractivity contribution in [3.05, 3.63) is 65.0 Å². The maximum absolute atomic E-state index is 12.8. The normalized spacial score (nSPS) is 11.8. The van der Waals surface area contributed by atoms with Gasteiger partial charge in [-0.3, -0.25) is 4.79 Å². The third kappa shape index (κ3) is 4.02. The van der Waals surface area contributed by atoms with Crippen LogP contribution in [0, 0.1) is 0 Å². The van der Waals surface area contributed by atoms with Crippen molar-refractivity contribution in [3.63, 3.8) is 0 Å². The summed E-state index contributed by atoms with van der Waals surface area (Å²) in [4.78, 5) is 17.9. The lowest BCUT2D eigenvalue weighted by atomic mass is 10.0. The van der Waals surface area contributed by atoms with Gasteiger partial charge in [-0.05, 0) is 35.7 Å². The third-order valence-corrected chi connectivity index (χ3v) is 5.52. The van der Waals surface area contributed by atoms with Crippen LogP contribution in [0.2, 0.25) is 0 Å². The molecule has 3 aromatic rings. The van der Waals surface area contributed by atoms with E-state index in [1.807, 2.05) is 4.57 Å². The standard InChI is InChI=1S/C22H24N2O3S/c1-6-9-24-19-8-7-15(14(2)3)12-20(19)28-22(24)23-21(25)16-10-17(26-4)13-18(11-16)27-5/h6-8,10-14H,1,9H2,2-5H3. The number of rotatable bonds is 6. The van der Waals surface area contributed by atoms with Crippen LogP contribution in [-0.2, 0) is 6.54 Å². The van der Waals surface area contributed by atoms with Crippen molar-refractivity contribution in [3.8, 4) is 11.5 Å². The first-order valence-electron chi connectivity index (χ1n) is 9.03. The molecule has 0 aliphatic rings. The fourth-order valence-corrected chi connectivity index (χ4v) is 4.01. The summed E-state index contributed by atoms with van der Waals surface area (Å²) in [5.74, 6) is 1.20. The SMILES string of the molecule is C=CCn1c(=NC(=O)c2cc(OC)cc(OC)c2)sc2cc(C(C)C)ccc21. The molecule has 28 heavy (non-hydrogen) atoms. The summed E-state index contributed by atoms with van der Waals surface area (Å²) in [5, 5.41) is 0. The lowest BCUT2D eigenvalue weighted by molar-refractivity contribution is 0.0997. The summed E-state index contributed by atoms with van der Waals surface area (Å²) < 4.78 is 13.6. The van der Waals surface area contributed by atoms with Gasteiger partial charge in [0.15, 0.2) is 4.80 Å². The van der Waals surface area contributed by atoms with E-state index < -0.39 is 0 Å². The van der Waals surface area contributed by atoms with Crippen LogP contribution in [0.1, 0.15) is 35.7 Å². The van der Waals surface area contributed by atoms with Crippen LogP contribution in [0.25, 0.3) is 10.2 Å². The highest BCUT2D eigenvalue weighted by atomic mass is 32.1. The molecule has 0 bridgehead atoms. The second-order valence-electron chi connectivity index (χ2n) is 6.68. The maximum atomic E-state index is 12.8. The highest BCUT2D eigenvalue weighted by Crippen LogP contribution is 2.25. The molecule has 0 fully saturated rings. The van der Waals surface area contributed by atoms with Gasteiger partial charge in [0.25, 0.3) is 5.91 Å². The van der Waals surface area contributed by atoms with Crippen molar-refractivity contribution >= 4 is 27.5 Å². The van der Waals surface area contributed by atoms with E-state index in [1.54, 1.807) is 38.5 Å². The molecule has 2 aromatic carbocycles. The molecule has 1 amide bonds. The van der Waals surface area contributed by atoms with Gasteiger partial charge in [-0.1, -0.05) is 37.3 Å². The van der Waals surface area contributed by atoms with Crippen LogP contribution in [0.15, 0.2) is 54.0 Å². The minimum Gasteiger partial charge on any atom is -0.497 e. The summed E-state index contributed by atoms with van der Waals surface area (Å²) >= 11 is 1.50. The van der Waals surface area contributed by atoms with Crippen LogP contribution in [0.4, 0.5) is 0 Å². The van der Waals surface area contributed by atoms with Crippen molar-refractivity contribution in [2.45, 2.75) is 26.3 Å². The van der Waals surface area contributed by atoms with Gasteiger partial charge in [0.05, 0.1) is 24.4 Å². The molecule has 0 aliphatic carbocycles. The average Bonchev–Trinajstić information content (AvgIpc) is 3.04. The number of allylic oxidation sites excluding steroid dienone is 1. The molecule has 0 atom stereocenters. The van der Waals surface area contributed by atoms with Gasteiger partial charge in [-0.25, -0.2) is 0 Å². The van der Waals surface area contributed by atoms with Crippen LogP contribution in [-0.4, -0.2) is 24.7 Å². The van der Waals surface area contributed by atoms with Crippen LogP contribution < -0.4 is 14.3 Å². The second kappa shape index (κ2) is 8.44. The Kier molecular flexibility index (Phi) is 5.99. The lowest BCUT2D eigenvalue weighted by Crippen LogP contribution is -2.16. The Labute approximate surface area is 168 Å². The summed E-state index contributed by atoms with van der Waals surface area (Å²) in [6, 6.07) is 11.4. The predicted octanol–water partition coefficient (Wildman–Crippen LogP) is 4.77. The molecule has 3 rings (SSSR count). The Balaban J connectivity index is 2.13. The predicted molar refractivity (Wildman–Crippen MR) is 114 cm³/mol. The van der Waals surface area contributed by atoms with Gasteiger partial charge in [0.1, 0.15) is 11.5 Å². The van der Waals surface area contributed by atoms with Crippen molar-refractivity contribution in [1.29, 1.82) is 0 Å². The van der Waals surface area contributed by atoms with Crippen molar-refractivity contribution < 1.29 is 14.3 Å². The van der Waals surface area contributed by atoms with Gasteiger partial charge < -0.3 is 14.0 Å². The summed E-state index contributed by atoms with van der Waals surface area (Å²) in [6.07, 6.45) is 1.81. The molecular formula is C22H24N2O3S. The largest absolute Gasteiger partial charge is 0.497 e. The van der Waals surface area contributed by atoms with Gasteiger partial charge in [-0.2, -0.15) is 4.99 Å². The number of methoxy groups -OCH3 is 2. The third-order valence-electron chi connectivity index (χ3n) is 4.48. The zero-order valence-corrected chi connectivity index (χ0v) is 17.4. The van der Waals surface area contributed by atoms with E-state index in [0.29, 0.717) is 34.3 Å². The number of benzene rings is 2. The first-order valence-corrected chi connectivity index (χ1v) is 9.84. The van der Waals surface area contributed by atoms with E-state index in [2.05, 4.69) is 43.6 Å². The molecule has 146 valence electrons. The van der Waals surface area contributed by atoms with E-state index in [0.717, 1.165) is 10.2 Å². The molecule has 0 spiro atoms. The Bertz CT molecular complexity index is 1070. The van der Waals surface area contributed by atoms with E-state index >= 15 is 0 Å². The summed E-state index contributed by atoms with van der Waals surface area (Å²) in [5.41, 5.74) is 2.72. The number of hydrogen-bond donors (Lipinski definition) is 0. The van der Waals surface area contributed by atoms with Gasteiger partial charge in [0.2, 0.25) is 0 Å². The Morgan fingerprint density at radius 3 is 2.43 bits per heavy atom. The summed E-state index contributed by atoms with van der Waals surface area (Å²) in [7, 11) is 3.10. The van der Waals surface area contributed by atoms with E-state index in [-0.39, 0.29) is 5.91 Å². The minimum atomic E-state index is -0.342. The topological polar surface area (TPSA) is 52.8 Å². The smallest absolute Gasteiger partial charge is 0.279 e. The molecule has 0 radical (unpaired) electrons. The molecule has 1 heterocycles. The number of carbonyl (C=O) groups is 1.